The van der Waals surface area contributed by atoms with Gasteiger partial charge in [-0.05, 0) is 37.5 Å². The molecule has 2 heteroatoms. The van der Waals surface area contributed by atoms with Crippen LogP contribution in [0.5, 0.6) is 0 Å². The summed E-state index contributed by atoms with van der Waals surface area (Å²) < 4.78 is 5.52. The minimum absolute atomic E-state index is 0.329. The molecule has 1 aromatic carbocycles. The third-order valence-corrected chi connectivity index (χ3v) is 3.09. The molecule has 2 rings (SSSR count). The van der Waals surface area contributed by atoms with Crippen LogP contribution in [0.15, 0.2) is 24.3 Å². The Labute approximate surface area is 91.6 Å². The van der Waals surface area contributed by atoms with Crippen molar-refractivity contribution in [1.29, 1.82) is 0 Å². The molecule has 0 bridgehead atoms. The lowest BCUT2D eigenvalue weighted by Crippen LogP contribution is -2.26. The first-order valence-electron chi connectivity index (χ1n) is 5.76. The van der Waals surface area contributed by atoms with Gasteiger partial charge in [0.05, 0.1) is 12.1 Å². The topological polar surface area (TPSA) is 21.3 Å². The van der Waals surface area contributed by atoms with Crippen molar-refractivity contribution in [2.45, 2.75) is 38.8 Å². The van der Waals surface area contributed by atoms with Gasteiger partial charge in [-0.1, -0.05) is 19.1 Å². The first-order valence-corrected chi connectivity index (χ1v) is 5.76. The van der Waals surface area contributed by atoms with Crippen molar-refractivity contribution in [1.82, 2.24) is 0 Å². The van der Waals surface area contributed by atoms with Crippen molar-refractivity contribution in [3.8, 4) is 0 Å². The first-order chi connectivity index (χ1) is 7.29. The molecule has 0 spiro atoms. The third kappa shape index (κ3) is 2.51. The van der Waals surface area contributed by atoms with E-state index in [-0.39, 0.29) is 0 Å². The third-order valence-electron chi connectivity index (χ3n) is 3.09. The highest BCUT2D eigenvalue weighted by Crippen LogP contribution is 2.19. The second-order valence-corrected chi connectivity index (χ2v) is 4.17. The maximum absolute atomic E-state index is 5.52. The van der Waals surface area contributed by atoms with Crippen molar-refractivity contribution in [3.63, 3.8) is 0 Å². The summed E-state index contributed by atoms with van der Waals surface area (Å²) in [5.74, 6) is 0. The van der Waals surface area contributed by atoms with Crippen molar-refractivity contribution >= 4 is 5.69 Å². The minimum Gasteiger partial charge on any atom is -0.380 e. The highest BCUT2D eigenvalue weighted by Gasteiger charge is 2.23. The predicted octanol–water partition coefficient (Wildman–Crippen LogP) is 2.84. The van der Waals surface area contributed by atoms with E-state index >= 15 is 0 Å². The van der Waals surface area contributed by atoms with Crippen LogP contribution >= 0.6 is 0 Å². The van der Waals surface area contributed by atoms with Crippen molar-refractivity contribution in [2.75, 3.05) is 11.9 Å². The number of ether oxygens (including phenoxy) is 1. The Morgan fingerprint density at radius 3 is 2.60 bits per heavy atom. The van der Waals surface area contributed by atoms with Gasteiger partial charge in [-0.2, -0.15) is 0 Å². The van der Waals surface area contributed by atoms with E-state index in [1.807, 2.05) is 0 Å². The Bertz CT molecular complexity index is 307. The molecule has 0 unspecified atom stereocenters. The van der Waals surface area contributed by atoms with Crippen LogP contribution in [-0.4, -0.2) is 18.8 Å². The van der Waals surface area contributed by atoms with Gasteiger partial charge in [-0.15, -0.1) is 0 Å². The molecule has 1 heterocycles. The summed E-state index contributed by atoms with van der Waals surface area (Å²) in [6, 6.07) is 9.15. The maximum Gasteiger partial charge on any atom is 0.0748 e. The number of hydrogen-bond donors (Lipinski definition) is 1. The number of anilines is 1. The lowest BCUT2D eigenvalue weighted by atomic mass is 10.1. The predicted molar refractivity (Wildman–Crippen MR) is 63.3 cm³/mol. The average Bonchev–Trinajstić information content (AvgIpc) is 2.66. The summed E-state index contributed by atoms with van der Waals surface area (Å²) in [6.45, 7) is 5.19. The van der Waals surface area contributed by atoms with E-state index in [0.717, 1.165) is 19.4 Å². The normalized spacial score (nSPS) is 25.5. The summed E-state index contributed by atoms with van der Waals surface area (Å²) in [5, 5.41) is 3.52. The maximum atomic E-state index is 5.52. The number of rotatable bonds is 3. The smallest absolute Gasteiger partial charge is 0.0748 e. The van der Waals surface area contributed by atoms with Crippen LogP contribution in [0, 0.1) is 0 Å². The van der Waals surface area contributed by atoms with Gasteiger partial charge in [0.1, 0.15) is 0 Å². The van der Waals surface area contributed by atoms with Crippen LogP contribution in [-0.2, 0) is 11.2 Å². The second kappa shape index (κ2) is 4.67. The Kier molecular flexibility index (Phi) is 3.27. The van der Waals surface area contributed by atoms with E-state index in [4.69, 9.17) is 4.74 Å². The Morgan fingerprint density at radius 2 is 2.07 bits per heavy atom. The average molecular weight is 205 g/mol. The summed E-state index contributed by atoms with van der Waals surface area (Å²) in [5.41, 5.74) is 2.59. The molecule has 0 saturated carbocycles. The molecule has 82 valence electrons. The molecule has 1 fully saturated rings. The zero-order valence-corrected chi connectivity index (χ0v) is 9.49. The minimum atomic E-state index is 0.329. The Balaban J connectivity index is 1.98. The fraction of sp³-hybridized carbons (Fsp3) is 0.538. The number of aryl methyl sites for hydroxylation is 1. The standard InChI is InChI=1S/C13H19NO/c1-3-11-4-6-12(7-5-11)14-13-8-9-15-10(13)2/h4-7,10,13-14H,3,8-9H2,1-2H3/t10-,13+/m0/s1. The van der Waals surface area contributed by atoms with Crippen molar-refractivity contribution in [2.24, 2.45) is 0 Å². The summed E-state index contributed by atoms with van der Waals surface area (Å²) in [7, 11) is 0. The van der Waals surface area contributed by atoms with E-state index in [2.05, 4.69) is 43.4 Å². The molecule has 1 N–H and O–H groups in total. The number of hydrogen-bond acceptors (Lipinski definition) is 2. The fourth-order valence-electron chi connectivity index (χ4n) is 1.97. The lowest BCUT2D eigenvalue weighted by Gasteiger charge is -2.17. The highest BCUT2D eigenvalue weighted by molar-refractivity contribution is 5.45. The van der Waals surface area contributed by atoms with Gasteiger partial charge in [-0.3, -0.25) is 0 Å². The second-order valence-electron chi connectivity index (χ2n) is 4.17. The van der Waals surface area contributed by atoms with Crippen LogP contribution in [0.4, 0.5) is 5.69 Å². The van der Waals surface area contributed by atoms with Gasteiger partial charge in [0.25, 0.3) is 0 Å². The molecule has 1 aliphatic rings. The first kappa shape index (κ1) is 10.5. The van der Waals surface area contributed by atoms with Crippen LogP contribution in [0.2, 0.25) is 0 Å². The summed E-state index contributed by atoms with van der Waals surface area (Å²) in [4.78, 5) is 0. The SMILES string of the molecule is CCc1ccc(N[C@@H]2CCO[C@H]2C)cc1. The molecule has 2 nitrogen and oxygen atoms in total. The van der Waals surface area contributed by atoms with Gasteiger partial charge >= 0.3 is 0 Å². The molecule has 0 aromatic heterocycles. The molecular formula is C13H19NO. The van der Waals surface area contributed by atoms with Gasteiger partial charge in [0, 0.05) is 12.3 Å². The van der Waals surface area contributed by atoms with E-state index in [1.165, 1.54) is 11.3 Å². The molecular weight excluding hydrogens is 186 g/mol. The molecule has 0 radical (unpaired) electrons. The molecule has 2 atom stereocenters. The van der Waals surface area contributed by atoms with Gasteiger partial charge in [-0.25, -0.2) is 0 Å². The van der Waals surface area contributed by atoms with Crippen LogP contribution in [0.1, 0.15) is 25.8 Å². The summed E-state index contributed by atoms with van der Waals surface area (Å²) >= 11 is 0. The summed E-state index contributed by atoms with van der Waals surface area (Å²) in [6.07, 6.45) is 2.54. The Hall–Kier alpha value is -1.02. The molecule has 0 aliphatic carbocycles. The largest absolute Gasteiger partial charge is 0.380 e. The zero-order valence-electron chi connectivity index (χ0n) is 9.49. The monoisotopic (exact) mass is 205 g/mol. The van der Waals surface area contributed by atoms with Crippen molar-refractivity contribution < 1.29 is 4.74 Å². The van der Waals surface area contributed by atoms with E-state index in [9.17, 15) is 0 Å². The van der Waals surface area contributed by atoms with E-state index < -0.39 is 0 Å². The van der Waals surface area contributed by atoms with Crippen LogP contribution in [0.3, 0.4) is 0 Å². The van der Waals surface area contributed by atoms with Crippen LogP contribution in [0.25, 0.3) is 0 Å². The fourth-order valence-corrected chi connectivity index (χ4v) is 1.97. The molecule has 0 amide bonds. The molecule has 1 saturated heterocycles. The van der Waals surface area contributed by atoms with Gasteiger partial charge in [0.2, 0.25) is 0 Å². The molecule has 1 aromatic rings. The Morgan fingerprint density at radius 1 is 1.33 bits per heavy atom. The van der Waals surface area contributed by atoms with Gasteiger partial charge < -0.3 is 10.1 Å². The number of benzene rings is 1. The highest BCUT2D eigenvalue weighted by atomic mass is 16.5. The quantitative estimate of drug-likeness (QED) is 0.819. The van der Waals surface area contributed by atoms with Crippen molar-refractivity contribution in [3.05, 3.63) is 29.8 Å². The molecule has 15 heavy (non-hydrogen) atoms. The zero-order chi connectivity index (χ0) is 10.7. The van der Waals surface area contributed by atoms with Gasteiger partial charge in [0.15, 0.2) is 0 Å². The van der Waals surface area contributed by atoms with E-state index in [0.29, 0.717) is 12.1 Å². The van der Waals surface area contributed by atoms with E-state index in [1.54, 1.807) is 0 Å². The lowest BCUT2D eigenvalue weighted by molar-refractivity contribution is 0.121. The van der Waals surface area contributed by atoms with Crippen LogP contribution < -0.4 is 5.32 Å². The molecule has 1 aliphatic heterocycles. The number of nitrogens with one attached hydrogen (secondary N) is 1.